The molecule has 4 nitrogen and oxygen atoms in total. The van der Waals surface area contributed by atoms with Gasteiger partial charge in [-0.1, -0.05) is 13.0 Å². The van der Waals surface area contributed by atoms with Gasteiger partial charge in [-0.2, -0.15) is 8.42 Å². The minimum absolute atomic E-state index is 0.247. The van der Waals surface area contributed by atoms with Gasteiger partial charge in [-0.05, 0) is 24.1 Å². The molecule has 0 saturated heterocycles. The molecular formula is C9H9FO4S. The van der Waals surface area contributed by atoms with Crippen LogP contribution in [0.15, 0.2) is 23.1 Å². The van der Waals surface area contributed by atoms with E-state index in [1.54, 1.807) is 6.92 Å². The van der Waals surface area contributed by atoms with Crippen molar-refractivity contribution < 1.29 is 22.2 Å². The molecule has 0 aliphatic rings. The highest BCUT2D eigenvalue weighted by molar-refractivity contribution is 7.86. The number of hydrogen-bond donors (Lipinski definition) is 1. The fourth-order valence-corrected chi connectivity index (χ4v) is 2.00. The van der Waals surface area contributed by atoms with Gasteiger partial charge in [0.25, 0.3) is 0 Å². The van der Waals surface area contributed by atoms with Crippen LogP contribution in [-0.4, -0.2) is 19.5 Å². The van der Waals surface area contributed by atoms with Gasteiger partial charge >= 0.3 is 16.2 Å². The molecule has 6 heteroatoms. The highest BCUT2D eigenvalue weighted by atomic mass is 32.3. The second-order valence-electron chi connectivity index (χ2n) is 2.92. The summed E-state index contributed by atoms with van der Waals surface area (Å²) in [6.07, 6.45) is 0.318. The molecule has 0 amide bonds. The van der Waals surface area contributed by atoms with Crippen LogP contribution in [0, 0.1) is 0 Å². The van der Waals surface area contributed by atoms with E-state index in [1.807, 2.05) is 0 Å². The Morgan fingerprint density at radius 2 is 2.07 bits per heavy atom. The molecule has 0 fully saturated rings. The Hall–Kier alpha value is -1.43. The van der Waals surface area contributed by atoms with E-state index in [0.29, 0.717) is 6.42 Å². The van der Waals surface area contributed by atoms with Crippen molar-refractivity contribution >= 4 is 16.2 Å². The second kappa shape index (κ2) is 3.98. The lowest BCUT2D eigenvalue weighted by Crippen LogP contribution is -2.03. The van der Waals surface area contributed by atoms with Crippen LogP contribution in [0.4, 0.5) is 3.89 Å². The molecule has 15 heavy (non-hydrogen) atoms. The normalized spacial score (nSPS) is 11.3. The summed E-state index contributed by atoms with van der Waals surface area (Å²) in [4.78, 5) is 10.00. The first kappa shape index (κ1) is 11.6. The van der Waals surface area contributed by atoms with Crippen LogP contribution in [0.3, 0.4) is 0 Å². The molecule has 0 heterocycles. The zero-order chi connectivity index (χ0) is 11.6. The first-order valence-electron chi connectivity index (χ1n) is 4.17. The summed E-state index contributed by atoms with van der Waals surface area (Å²) in [5.41, 5.74) is 0.0194. The van der Waals surface area contributed by atoms with Crippen molar-refractivity contribution in [2.45, 2.75) is 18.2 Å². The molecule has 0 aliphatic carbocycles. The lowest BCUT2D eigenvalue weighted by Gasteiger charge is -2.04. The van der Waals surface area contributed by atoms with Gasteiger partial charge in [0.05, 0.1) is 5.56 Å². The third-order valence-corrected chi connectivity index (χ3v) is 2.86. The Balaban J connectivity index is 3.46. The topological polar surface area (TPSA) is 71.4 Å². The van der Waals surface area contributed by atoms with E-state index in [4.69, 9.17) is 5.11 Å². The van der Waals surface area contributed by atoms with Gasteiger partial charge in [-0.3, -0.25) is 0 Å². The Kier molecular flexibility index (Phi) is 3.09. The minimum Gasteiger partial charge on any atom is -0.478 e. The molecule has 0 radical (unpaired) electrons. The lowest BCUT2D eigenvalue weighted by molar-refractivity contribution is 0.0696. The third kappa shape index (κ3) is 2.53. The van der Waals surface area contributed by atoms with Gasteiger partial charge in [-0.25, -0.2) is 4.79 Å². The predicted molar refractivity (Wildman–Crippen MR) is 51.1 cm³/mol. The van der Waals surface area contributed by atoms with E-state index in [1.165, 1.54) is 12.1 Å². The van der Waals surface area contributed by atoms with Gasteiger partial charge in [-0.15, -0.1) is 3.89 Å². The summed E-state index contributed by atoms with van der Waals surface area (Å²) in [6, 6.07) is 3.38. The summed E-state index contributed by atoms with van der Waals surface area (Å²) in [6.45, 7) is 1.66. The van der Waals surface area contributed by atoms with Crippen molar-refractivity contribution in [1.82, 2.24) is 0 Å². The molecule has 0 aliphatic heterocycles. The number of carbonyl (C=O) groups is 1. The molecular weight excluding hydrogens is 223 g/mol. The average Bonchev–Trinajstić information content (AvgIpc) is 2.15. The SMILES string of the molecule is CCc1ccc(C(=O)O)cc1S(=O)(=O)F. The Labute approximate surface area is 86.6 Å². The average molecular weight is 232 g/mol. The molecule has 0 aromatic heterocycles. The highest BCUT2D eigenvalue weighted by Crippen LogP contribution is 2.20. The third-order valence-electron chi connectivity index (χ3n) is 1.96. The van der Waals surface area contributed by atoms with E-state index < -0.39 is 21.1 Å². The molecule has 0 bridgehead atoms. The molecule has 1 rings (SSSR count). The van der Waals surface area contributed by atoms with Crippen molar-refractivity contribution in [2.75, 3.05) is 0 Å². The van der Waals surface area contributed by atoms with Crippen molar-refractivity contribution in [3.05, 3.63) is 29.3 Å². The van der Waals surface area contributed by atoms with Crippen LogP contribution in [-0.2, 0) is 16.6 Å². The fourth-order valence-electron chi connectivity index (χ4n) is 1.21. The lowest BCUT2D eigenvalue weighted by atomic mass is 10.1. The molecule has 82 valence electrons. The number of aryl methyl sites for hydroxylation is 1. The first-order valence-corrected chi connectivity index (χ1v) is 5.55. The van der Waals surface area contributed by atoms with E-state index in [9.17, 15) is 17.1 Å². The molecule has 0 unspecified atom stereocenters. The van der Waals surface area contributed by atoms with E-state index in [2.05, 4.69) is 0 Å². The van der Waals surface area contributed by atoms with E-state index in [-0.39, 0.29) is 11.1 Å². The zero-order valence-corrected chi connectivity index (χ0v) is 8.71. The summed E-state index contributed by atoms with van der Waals surface area (Å²) >= 11 is 0. The summed E-state index contributed by atoms with van der Waals surface area (Å²) in [5.74, 6) is -1.29. The Bertz CT molecular complexity index is 493. The maximum Gasteiger partial charge on any atom is 0.335 e. The number of hydrogen-bond acceptors (Lipinski definition) is 3. The Morgan fingerprint density at radius 1 is 1.47 bits per heavy atom. The number of halogens is 1. The van der Waals surface area contributed by atoms with E-state index >= 15 is 0 Å². The van der Waals surface area contributed by atoms with Gasteiger partial charge in [0, 0.05) is 0 Å². The van der Waals surface area contributed by atoms with Crippen LogP contribution < -0.4 is 0 Å². The minimum atomic E-state index is -4.86. The number of carboxylic acid groups (broad SMARTS) is 1. The molecule has 0 saturated carbocycles. The number of benzene rings is 1. The maximum atomic E-state index is 12.8. The molecule has 0 spiro atoms. The van der Waals surface area contributed by atoms with Crippen molar-refractivity contribution in [2.24, 2.45) is 0 Å². The zero-order valence-electron chi connectivity index (χ0n) is 7.90. The molecule has 1 aromatic carbocycles. The van der Waals surface area contributed by atoms with Crippen molar-refractivity contribution in [1.29, 1.82) is 0 Å². The van der Waals surface area contributed by atoms with Gasteiger partial charge < -0.3 is 5.11 Å². The highest BCUT2D eigenvalue weighted by Gasteiger charge is 2.18. The standard InChI is InChI=1S/C9H9FO4S/c1-2-6-3-4-7(9(11)12)5-8(6)15(10,13)14/h3-5H,2H2,1H3,(H,11,12). The Morgan fingerprint density at radius 3 is 2.47 bits per heavy atom. The largest absolute Gasteiger partial charge is 0.478 e. The van der Waals surface area contributed by atoms with Crippen molar-refractivity contribution in [3.8, 4) is 0 Å². The van der Waals surface area contributed by atoms with Crippen LogP contribution >= 0.6 is 0 Å². The number of aromatic carboxylic acids is 1. The van der Waals surface area contributed by atoms with Gasteiger partial charge in [0.2, 0.25) is 0 Å². The number of carboxylic acids is 1. The van der Waals surface area contributed by atoms with E-state index in [0.717, 1.165) is 6.07 Å². The first-order chi connectivity index (χ1) is 6.86. The molecule has 1 aromatic rings. The summed E-state index contributed by atoms with van der Waals surface area (Å²) < 4.78 is 34.2. The fraction of sp³-hybridized carbons (Fsp3) is 0.222. The molecule has 1 N–H and O–H groups in total. The van der Waals surface area contributed by atoms with Crippen LogP contribution in [0.5, 0.6) is 0 Å². The van der Waals surface area contributed by atoms with Crippen LogP contribution in [0.1, 0.15) is 22.8 Å². The van der Waals surface area contributed by atoms with Crippen molar-refractivity contribution in [3.63, 3.8) is 0 Å². The van der Waals surface area contributed by atoms with Gasteiger partial charge in [0.1, 0.15) is 4.90 Å². The van der Waals surface area contributed by atoms with Crippen LogP contribution in [0.2, 0.25) is 0 Å². The maximum absolute atomic E-state index is 12.8. The summed E-state index contributed by atoms with van der Waals surface area (Å²) in [5, 5.41) is 8.62. The quantitative estimate of drug-likeness (QED) is 0.803. The second-order valence-corrected chi connectivity index (χ2v) is 4.23. The predicted octanol–water partition coefficient (Wildman–Crippen LogP) is 1.61. The number of rotatable bonds is 3. The smallest absolute Gasteiger partial charge is 0.335 e. The summed E-state index contributed by atoms with van der Waals surface area (Å²) in [7, 11) is -4.86. The molecule has 0 atom stereocenters. The van der Waals surface area contributed by atoms with Gasteiger partial charge in [0.15, 0.2) is 0 Å². The van der Waals surface area contributed by atoms with Crippen LogP contribution in [0.25, 0.3) is 0 Å². The monoisotopic (exact) mass is 232 g/mol.